The van der Waals surface area contributed by atoms with Crippen LogP contribution < -0.4 is 5.32 Å². The largest absolute Gasteiger partial charge is 0.481 e. The van der Waals surface area contributed by atoms with Crippen LogP contribution in [-0.2, 0) is 9.59 Å². The van der Waals surface area contributed by atoms with Crippen LogP contribution >= 0.6 is 11.8 Å². The van der Waals surface area contributed by atoms with E-state index in [1.807, 2.05) is 37.3 Å². The fourth-order valence-corrected chi connectivity index (χ4v) is 3.38. The second-order valence-electron chi connectivity index (χ2n) is 5.36. The van der Waals surface area contributed by atoms with Crippen LogP contribution in [0.4, 0.5) is 0 Å². The average Bonchev–Trinajstić information content (AvgIpc) is 2.88. The molecule has 24 heavy (non-hydrogen) atoms. The van der Waals surface area contributed by atoms with E-state index in [0.717, 1.165) is 33.7 Å². The van der Waals surface area contributed by atoms with E-state index in [2.05, 4.69) is 21.6 Å². The Labute approximate surface area is 142 Å². The van der Waals surface area contributed by atoms with Crippen molar-refractivity contribution in [3.8, 4) is 0 Å². The number of fused-ring (bicyclic) bond motifs is 1. The van der Waals surface area contributed by atoms with E-state index >= 15 is 0 Å². The summed E-state index contributed by atoms with van der Waals surface area (Å²) >= 11 is 1.08. The van der Waals surface area contributed by atoms with Crippen LogP contribution in [0, 0.1) is 6.92 Å². The molecule has 122 valence electrons. The maximum Gasteiger partial charge on any atom is 0.305 e. The van der Waals surface area contributed by atoms with Crippen LogP contribution in [-0.4, -0.2) is 33.6 Å². The zero-order chi connectivity index (χ0) is 17.1. The van der Waals surface area contributed by atoms with Crippen molar-refractivity contribution >= 4 is 45.8 Å². The van der Waals surface area contributed by atoms with E-state index in [-0.39, 0.29) is 12.3 Å². The van der Waals surface area contributed by atoms with Crippen molar-refractivity contribution in [2.45, 2.75) is 18.6 Å². The number of thioether (sulfide) groups is 1. The highest BCUT2D eigenvalue weighted by atomic mass is 32.2. The molecule has 1 unspecified atom stereocenters. The number of benzene rings is 2. The SMILES string of the molecule is Cc1ccc2ccccc2c1C=NN=C1NC(=O)C(CC(=O)O)S1. The van der Waals surface area contributed by atoms with E-state index < -0.39 is 11.2 Å². The lowest BCUT2D eigenvalue weighted by Gasteiger charge is -2.04. The predicted octanol–water partition coefficient (Wildman–Crippen LogP) is 2.54. The summed E-state index contributed by atoms with van der Waals surface area (Å²) in [6.07, 6.45) is 1.42. The van der Waals surface area contributed by atoms with Gasteiger partial charge in [0.2, 0.25) is 5.91 Å². The molecule has 2 N–H and O–H groups in total. The Morgan fingerprint density at radius 2 is 2.12 bits per heavy atom. The van der Waals surface area contributed by atoms with Gasteiger partial charge in [0, 0.05) is 5.56 Å². The van der Waals surface area contributed by atoms with Crippen molar-refractivity contribution in [1.82, 2.24) is 5.32 Å². The van der Waals surface area contributed by atoms with Gasteiger partial charge in [0.25, 0.3) is 0 Å². The molecule has 0 radical (unpaired) electrons. The minimum atomic E-state index is -1.02. The number of carboxylic acid groups (broad SMARTS) is 1. The topological polar surface area (TPSA) is 91.1 Å². The monoisotopic (exact) mass is 341 g/mol. The summed E-state index contributed by atoms with van der Waals surface area (Å²) in [7, 11) is 0. The first-order valence-corrected chi connectivity index (χ1v) is 8.21. The third kappa shape index (κ3) is 3.46. The van der Waals surface area contributed by atoms with E-state index in [0.29, 0.717) is 5.17 Å². The number of carbonyl (C=O) groups is 2. The quantitative estimate of drug-likeness (QED) is 0.660. The molecule has 7 heteroatoms. The van der Waals surface area contributed by atoms with E-state index in [1.54, 1.807) is 6.21 Å². The number of hydrogen-bond acceptors (Lipinski definition) is 5. The van der Waals surface area contributed by atoms with Gasteiger partial charge in [0.1, 0.15) is 5.25 Å². The van der Waals surface area contributed by atoms with Crippen molar-refractivity contribution in [2.75, 3.05) is 0 Å². The highest BCUT2D eigenvalue weighted by Gasteiger charge is 2.32. The lowest BCUT2D eigenvalue weighted by molar-refractivity contribution is -0.138. The fourth-order valence-electron chi connectivity index (χ4n) is 2.46. The molecule has 0 bridgehead atoms. The van der Waals surface area contributed by atoms with E-state index in [9.17, 15) is 9.59 Å². The molecule has 0 saturated carbocycles. The molecule has 0 aliphatic carbocycles. The standard InChI is InChI=1S/C17H15N3O3S/c1-10-6-7-11-4-2-3-5-12(11)13(10)9-18-20-17-19-16(23)14(24-17)8-15(21)22/h2-7,9,14H,8H2,1H3,(H,21,22)(H,19,20,23). The molecular formula is C17H15N3O3S. The van der Waals surface area contributed by atoms with Gasteiger partial charge < -0.3 is 10.4 Å². The summed E-state index contributed by atoms with van der Waals surface area (Å²) in [4.78, 5) is 22.4. The molecule has 1 amide bonds. The van der Waals surface area contributed by atoms with Gasteiger partial charge in [-0.2, -0.15) is 5.10 Å². The lowest BCUT2D eigenvalue weighted by atomic mass is 10.0. The van der Waals surface area contributed by atoms with E-state index in [1.165, 1.54) is 0 Å². The highest BCUT2D eigenvalue weighted by Crippen LogP contribution is 2.23. The molecular weight excluding hydrogens is 326 g/mol. The van der Waals surface area contributed by atoms with E-state index in [4.69, 9.17) is 5.11 Å². The number of hydrogen-bond donors (Lipinski definition) is 2. The second-order valence-corrected chi connectivity index (χ2v) is 6.55. The summed E-state index contributed by atoms with van der Waals surface area (Å²) in [5, 5.41) is 21.2. The summed E-state index contributed by atoms with van der Waals surface area (Å²) in [5.74, 6) is -1.36. The maximum atomic E-state index is 11.7. The fraction of sp³-hybridized carbons (Fsp3) is 0.176. The van der Waals surface area contributed by atoms with Gasteiger partial charge in [-0.05, 0) is 23.3 Å². The van der Waals surface area contributed by atoms with Crippen molar-refractivity contribution in [3.05, 3.63) is 47.5 Å². The Bertz CT molecular complexity index is 877. The molecule has 3 rings (SSSR count). The number of amidine groups is 1. The number of aryl methyl sites for hydroxylation is 1. The zero-order valence-corrected chi connectivity index (χ0v) is 13.7. The van der Waals surface area contributed by atoms with Crippen LogP contribution in [0.5, 0.6) is 0 Å². The first-order chi connectivity index (χ1) is 11.5. The van der Waals surface area contributed by atoms with Gasteiger partial charge in [-0.1, -0.05) is 48.2 Å². The number of aliphatic carboxylic acids is 1. The predicted molar refractivity (Wildman–Crippen MR) is 95.5 cm³/mol. The Hall–Kier alpha value is -2.67. The molecule has 2 aromatic rings. The van der Waals surface area contributed by atoms with Crippen LogP contribution in [0.3, 0.4) is 0 Å². The minimum absolute atomic E-state index is 0.234. The minimum Gasteiger partial charge on any atom is -0.481 e. The van der Waals surface area contributed by atoms with Gasteiger partial charge in [-0.25, -0.2) is 0 Å². The van der Waals surface area contributed by atoms with Crippen LogP contribution in [0.15, 0.2) is 46.6 Å². The van der Waals surface area contributed by atoms with Gasteiger partial charge in [0.15, 0.2) is 5.17 Å². The molecule has 1 atom stereocenters. The van der Waals surface area contributed by atoms with Crippen molar-refractivity contribution < 1.29 is 14.7 Å². The van der Waals surface area contributed by atoms with Gasteiger partial charge in [-0.15, -0.1) is 5.10 Å². The smallest absolute Gasteiger partial charge is 0.305 e. The number of amides is 1. The van der Waals surface area contributed by atoms with Crippen molar-refractivity contribution in [1.29, 1.82) is 0 Å². The normalized spacial score (nSPS) is 19.3. The van der Waals surface area contributed by atoms with Crippen LogP contribution in [0.2, 0.25) is 0 Å². The summed E-state index contributed by atoms with van der Waals surface area (Å²) in [5.41, 5.74) is 2.04. The number of nitrogens with zero attached hydrogens (tertiary/aromatic N) is 2. The summed E-state index contributed by atoms with van der Waals surface area (Å²) in [6, 6.07) is 12.1. The molecule has 6 nitrogen and oxygen atoms in total. The maximum absolute atomic E-state index is 11.7. The van der Waals surface area contributed by atoms with Crippen molar-refractivity contribution in [2.24, 2.45) is 10.2 Å². The third-order valence-electron chi connectivity index (χ3n) is 3.66. The third-order valence-corrected chi connectivity index (χ3v) is 4.73. The van der Waals surface area contributed by atoms with Crippen LogP contribution in [0.1, 0.15) is 17.5 Å². The summed E-state index contributed by atoms with van der Waals surface area (Å²) < 4.78 is 0. The Morgan fingerprint density at radius 1 is 1.33 bits per heavy atom. The molecule has 0 spiro atoms. The lowest BCUT2D eigenvalue weighted by Crippen LogP contribution is -2.26. The molecule has 1 aliphatic rings. The molecule has 1 saturated heterocycles. The molecule has 1 heterocycles. The Morgan fingerprint density at radius 3 is 2.92 bits per heavy atom. The van der Waals surface area contributed by atoms with Gasteiger partial charge in [-0.3, -0.25) is 9.59 Å². The number of carbonyl (C=O) groups excluding carboxylic acids is 1. The Kier molecular flexibility index (Phi) is 4.61. The number of carboxylic acids is 1. The molecule has 1 fully saturated rings. The zero-order valence-electron chi connectivity index (χ0n) is 12.9. The highest BCUT2D eigenvalue weighted by molar-refractivity contribution is 8.15. The first-order valence-electron chi connectivity index (χ1n) is 7.33. The average molecular weight is 341 g/mol. The first kappa shape index (κ1) is 16.2. The number of rotatable bonds is 4. The van der Waals surface area contributed by atoms with Gasteiger partial charge in [0.05, 0.1) is 12.6 Å². The second kappa shape index (κ2) is 6.84. The molecule has 0 aromatic heterocycles. The molecule has 2 aromatic carbocycles. The van der Waals surface area contributed by atoms with Gasteiger partial charge >= 0.3 is 5.97 Å². The summed E-state index contributed by atoms with van der Waals surface area (Å²) in [6.45, 7) is 2.00. The van der Waals surface area contributed by atoms with Crippen LogP contribution in [0.25, 0.3) is 10.8 Å². The van der Waals surface area contributed by atoms with Crippen molar-refractivity contribution in [3.63, 3.8) is 0 Å². The number of nitrogens with one attached hydrogen (secondary N) is 1. The molecule has 1 aliphatic heterocycles. The Balaban J connectivity index is 1.81.